The Morgan fingerprint density at radius 1 is 1.40 bits per heavy atom. The summed E-state index contributed by atoms with van der Waals surface area (Å²) in [7, 11) is 0. The van der Waals surface area contributed by atoms with E-state index >= 15 is 0 Å². The molecular weight excluding hydrogens is 363 g/mol. The number of anilines is 1. The van der Waals surface area contributed by atoms with Gasteiger partial charge in [0.15, 0.2) is 0 Å². The first-order valence-electron chi connectivity index (χ1n) is 8.25. The highest BCUT2D eigenvalue weighted by atomic mass is 35.5. The molecule has 1 aromatic rings. The number of nitrogens with one attached hydrogen (secondary N) is 2. The second kappa shape index (κ2) is 10.6. The zero-order valence-corrected chi connectivity index (χ0v) is 16.0. The van der Waals surface area contributed by atoms with E-state index in [1.165, 1.54) is 0 Å². The molecule has 0 aliphatic carbocycles. The van der Waals surface area contributed by atoms with Crippen molar-refractivity contribution < 1.29 is 9.59 Å². The fraction of sp³-hybridized carbons (Fsp3) is 0.529. The van der Waals surface area contributed by atoms with Gasteiger partial charge in [0, 0.05) is 30.3 Å². The van der Waals surface area contributed by atoms with Crippen molar-refractivity contribution in [2.45, 2.75) is 19.8 Å². The molecule has 0 spiro atoms. The van der Waals surface area contributed by atoms with Gasteiger partial charge in [-0.15, -0.1) is 12.4 Å². The molecule has 8 heteroatoms. The molecular formula is C17H26Cl2N4O2. The van der Waals surface area contributed by atoms with Crippen LogP contribution >= 0.6 is 24.0 Å². The van der Waals surface area contributed by atoms with Gasteiger partial charge >= 0.3 is 0 Å². The molecule has 0 radical (unpaired) electrons. The van der Waals surface area contributed by atoms with E-state index in [-0.39, 0.29) is 36.7 Å². The minimum absolute atomic E-state index is 0. The molecule has 1 fully saturated rings. The van der Waals surface area contributed by atoms with E-state index in [2.05, 4.69) is 10.6 Å². The third-order valence-electron chi connectivity index (χ3n) is 4.14. The molecule has 4 N–H and O–H groups in total. The fourth-order valence-electron chi connectivity index (χ4n) is 2.83. The van der Waals surface area contributed by atoms with Gasteiger partial charge in [0.25, 0.3) is 0 Å². The smallest absolute Gasteiger partial charge is 0.238 e. The Balaban J connectivity index is 0.00000312. The van der Waals surface area contributed by atoms with Crippen LogP contribution < -0.4 is 16.4 Å². The number of likely N-dealkylation sites (tertiary alicyclic amines) is 1. The van der Waals surface area contributed by atoms with Crippen molar-refractivity contribution in [3.8, 4) is 0 Å². The molecule has 6 nitrogen and oxygen atoms in total. The molecule has 1 aliphatic heterocycles. The van der Waals surface area contributed by atoms with Crippen LogP contribution in [-0.4, -0.2) is 49.4 Å². The summed E-state index contributed by atoms with van der Waals surface area (Å²) in [5.41, 5.74) is 7.06. The third kappa shape index (κ3) is 6.82. The molecule has 1 aromatic carbocycles. The number of aryl methyl sites for hydroxylation is 1. The van der Waals surface area contributed by atoms with E-state index in [1.54, 1.807) is 6.07 Å². The molecule has 25 heavy (non-hydrogen) atoms. The lowest BCUT2D eigenvalue weighted by molar-refractivity contribution is -0.127. The number of hydrogen-bond donors (Lipinski definition) is 3. The highest BCUT2D eigenvalue weighted by Crippen LogP contribution is 2.20. The molecule has 0 aromatic heterocycles. The van der Waals surface area contributed by atoms with Crippen molar-refractivity contribution in [2.24, 2.45) is 11.7 Å². The van der Waals surface area contributed by atoms with Gasteiger partial charge < -0.3 is 16.4 Å². The number of nitrogens with zero attached hydrogens (tertiary/aromatic N) is 1. The van der Waals surface area contributed by atoms with Crippen molar-refractivity contribution in [1.29, 1.82) is 0 Å². The first-order chi connectivity index (χ1) is 11.5. The van der Waals surface area contributed by atoms with Crippen LogP contribution in [0.25, 0.3) is 0 Å². The minimum Gasteiger partial charge on any atom is -0.355 e. The van der Waals surface area contributed by atoms with Crippen molar-refractivity contribution in [3.05, 3.63) is 28.8 Å². The number of piperidine rings is 1. The number of carbonyl (C=O) groups is 2. The monoisotopic (exact) mass is 388 g/mol. The highest BCUT2D eigenvalue weighted by Gasteiger charge is 2.26. The van der Waals surface area contributed by atoms with E-state index < -0.39 is 0 Å². The Labute approximate surface area is 159 Å². The SMILES string of the molecule is Cc1ccc(NC(=O)CN2CCCC(C(=O)NCCN)C2)cc1Cl.Cl. The summed E-state index contributed by atoms with van der Waals surface area (Å²) in [5, 5.41) is 6.30. The summed E-state index contributed by atoms with van der Waals surface area (Å²) < 4.78 is 0. The molecule has 1 atom stereocenters. The average molecular weight is 389 g/mol. The first kappa shape index (κ1) is 21.7. The van der Waals surface area contributed by atoms with Gasteiger partial charge in [-0.2, -0.15) is 0 Å². The number of benzene rings is 1. The van der Waals surface area contributed by atoms with E-state index in [1.807, 2.05) is 24.0 Å². The van der Waals surface area contributed by atoms with Crippen LogP contribution in [-0.2, 0) is 9.59 Å². The Morgan fingerprint density at radius 3 is 2.84 bits per heavy atom. The number of carbonyl (C=O) groups excluding carboxylic acids is 2. The van der Waals surface area contributed by atoms with Crippen LogP contribution in [0.1, 0.15) is 18.4 Å². The van der Waals surface area contributed by atoms with Crippen molar-refractivity contribution in [3.63, 3.8) is 0 Å². The summed E-state index contributed by atoms with van der Waals surface area (Å²) in [6, 6.07) is 5.45. The maximum Gasteiger partial charge on any atom is 0.238 e. The van der Waals surface area contributed by atoms with Crippen molar-refractivity contribution in [1.82, 2.24) is 10.2 Å². The maximum atomic E-state index is 12.2. The molecule has 2 rings (SSSR count). The zero-order valence-electron chi connectivity index (χ0n) is 14.4. The van der Waals surface area contributed by atoms with E-state index in [0.717, 1.165) is 24.9 Å². The average Bonchev–Trinajstić information content (AvgIpc) is 2.56. The number of amides is 2. The normalized spacial score (nSPS) is 17.5. The lowest BCUT2D eigenvalue weighted by atomic mass is 9.97. The summed E-state index contributed by atoms with van der Waals surface area (Å²) in [6.07, 6.45) is 1.76. The third-order valence-corrected chi connectivity index (χ3v) is 4.55. The lowest BCUT2D eigenvalue weighted by Crippen LogP contribution is -2.46. The predicted octanol–water partition coefficient (Wildman–Crippen LogP) is 1.80. The number of nitrogens with two attached hydrogens (primary N) is 1. The number of rotatable bonds is 6. The Morgan fingerprint density at radius 2 is 2.16 bits per heavy atom. The van der Waals surface area contributed by atoms with Gasteiger partial charge in [0.1, 0.15) is 0 Å². The Hall–Kier alpha value is -1.34. The summed E-state index contributed by atoms with van der Waals surface area (Å²) in [6.45, 7) is 4.53. The van der Waals surface area contributed by atoms with Crippen molar-refractivity contribution in [2.75, 3.05) is 38.0 Å². The molecule has 0 saturated carbocycles. The van der Waals surface area contributed by atoms with E-state index in [4.69, 9.17) is 17.3 Å². The van der Waals surface area contributed by atoms with Gasteiger partial charge in [-0.25, -0.2) is 0 Å². The molecule has 1 aliphatic rings. The molecule has 2 amide bonds. The zero-order chi connectivity index (χ0) is 17.5. The quantitative estimate of drug-likeness (QED) is 0.693. The first-order valence-corrected chi connectivity index (χ1v) is 8.63. The standard InChI is InChI=1S/C17H25ClN4O2.ClH/c1-12-4-5-14(9-15(12)18)21-16(23)11-22-8-2-3-13(10-22)17(24)20-7-6-19;/h4-5,9,13H,2-3,6-8,10-11,19H2,1H3,(H,20,24)(H,21,23);1H. The molecule has 140 valence electrons. The van der Waals surface area contributed by atoms with Crippen LogP contribution in [0.5, 0.6) is 0 Å². The summed E-state index contributed by atoms with van der Waals surface area (Å²) in [5.74, 6) is -0.152. The largest absolute Gasteiger partial charge is 0.355 e. The van der Waals surface area contributed by atoms with Crippen LogP contribution in [0, 0.1) is 12.8 Å². The predicted molar refractivity (Wildman–Crippen MR) is 103 cm³/mol. The number of hydrogen-bond acceptors (Lipinski definition) is 4. The molecule has 0 bridgehead atoms. The van der Waals surface area contributed by atoms with Crippen molar-refractivity contribution >= 4 is 41.5 Å². The lowest BCUT2D eigenvalue weighted by Gasteiger charge is -2.31. The second-order valence-electron chi connectivity index (χ2n) is 6.17. The van der Waals surface area contributed by atoms with Gasteiger partial charge in [-0.1, -0.05) is 17.7 Å². The second-order valence-corrected chi connectivity index (χ2v) is 6.57. The Kier molecular flexibility index (Phi) is 9.21. The summed E-state index contributed by atoms with van der Waals surface area (Å²) >= 11 is 6.07. The molecule has 1 heterocycles. The summed E-state index contributed by atoms with van der Waals surface area (Å²) in [4.78, 5) is 26.3. The minimum atomic E-state index is -0.0991. The molecule has 1 saturated heterocycles. The molecule has 1 unspecified atom stereocenters. The Bertz CT molecular complexity index is 598. The van der Waals surface area contributed by atoms with Crippen LogP contribution in [0.15, 0.2) is 18.2 Å². The van der Waals surface area contributed by atoms with E-state index in [0.29, 0.717) is 30.3 Å². The van der Waals surface area contributed by atoms with Gasteiger partial charge in [0.05, 0.1) is 12.5 Å². The number of halogens is 2. The highest BCUT2D eigenvalue weighted by molar-refractivity contribution is 6.31. The van der Waals surface area contributed by atoms with Crippen LogP contribution in [0.3, 0.4) is 0 Å². The topological polar surface area (TPSA) is 87.5 Å². The van der Waals surface area contributed by atoms with Crippen LogP contribution in [0.2, 0.25) is 5.02 Å². The maximum absolute atomic E-state index is 12.2. The van der Waals surface area contributed by atoms with Gasteiger partial charge in [-0.3, -0.25) is 14.5 Å². The van der Waals surface area contributed by atoms with Gasteiger partial charge in [0.2, 0.25) is 11.8 Å². The van der Waals surface area contributed by atoms with Gasteiger partial charge in [-0.05, 0) is 44.0 Å². The van der Waals surface area contributed by atoms with E-state index in [9.17, 15) is 9.59 Å². The fourth-order valence-corrected chi connectivity index (χ4v) is 3.01. The van der Waals surface area contributed by atoms with Crippen LogP contribution in [0.4, 0.5) is 5.69 Å².